The predicted octanol–water partition coefficient (Wildman–Crippen LogP) is 3.55. The summed E-state index contributed by atoms with van der Waals surface area (Å²) in [5, 5.41) is 0. The van der Waals surface area contributed by atoms with Crippen molar-refractivity contribution in [3.8, 4) is 0 Å². The molecule has 2 heterocycles. The van der Waals surface area contributed by atoms with Crippen molar-refractivity contribution in [2.24, 2.45) is 5.89 Å². The van der Waals surface area contributed by atoms with Crippen molar-refractivity contribution in [3.63, 3.8) is 0 Å². The maximum atomic E-state index is 8.38. The van der Waals surface area contributed by atoms with Crippen molar-refractivity contribution in [1.82, 2.24) is 0 Å². The molecule has 2 rings (SSSR count). The highest BCUT2D eigenvalue weighted by Gasteiger charge is 2.52. The van der Waals surface area contributed by atoms with E-state index in [0.717, 1.165) is 6.07 Å². The number of aryl methyl sites for hydroxylation is 1. The Morgan fingerprint density at radius 3 is 2.53 bits per heavy atom. The smallest absolute Gasteiger partial charge is 0.399 e. The molecule has 1 aromatic heterocycles. The summed E-state index contributed by atoms with van der Waals surface area (Å²) < 4.78 is 106. The van der Waals surface area contributed by atoms with Crippen LogP contribution in [0.25, 0.3) is 0 Å². The van der Waals surface area contributed by atoms with Crippen molar-refractivity contribution in [2.45, 2.75) is 65.8 Å². The molecule has 0 atom stereocenters. The number of thiophene rings is 1. The topological polar surface area (TPSA) is 18.5 Å². The highest BCUT2D eigenvalue weighted by Crippen LogP contribution is 2.37. The summed E-state index contributed by atoms with van der Waals surface area (Å²) in [6.45, 7) is -2.83. The highest BCUT2D eigenvalue weighted by molar-refractivity contribution is 7.13. The van der Waals surface area contributed by atoms with Gasteiger partial charge in [-0.05, 0) is 58.3 Å². The predicted molar refractivity (Wildman–Crippen MR) is 83.3 cm³/mol. The van der Waals surface area contributed by atoms with Crippen molar-refractivity contribution in [2.75, 3.05) is 0 Å². The van der Waals surface area contributed by atoms with Gasteiger partial charge in [0.25, 0.3) is 0 Å². The molecule has 2 nitrogen and oxygen atoms in total. The summed E-state index contributed by atoms with van der Waals surface area (Å²) in [4.78, 5) is -0.825. The van der Waals surface area contributed by atoms with E-state index in [0.29, 0.717) is 11.3 Å². The average Bonchev–Trinajstić information content (AvgIpc) is 3.04. The fourth-order valence-corrected chi connectivity index (χ4v) is 2.57. The zero-order valence-electron chi connectivity index (χ0n) is 23.4. The maximum absolute atomic E-state index is 8.38. The van der Waals surface area contributed by atoms with Gasteiger partial charge in [0.05, 0.1) is 11.2 Å². The molecule has 0 bridgehead atoms. The normalized spacial score (nSPS) is 34.0. The quantitative estimate of drug-likeness (QED) is 0.793. The second kappa shape index (κ2) is 4.90. The van der Waals surface area contributed by atoms with E-state index in [4.69, 9.17) is 25.8 Å². The molecule has 0 aromatic carbocycles. The Kier molecular flexibility index (Phi) is 1.50. The van der Waals surface area contributed by atoms with Crippen LogP contribution < -0.4 is 5.46 Å². The maximum Gasteiger partial charge on any atom is 0.495 e. The monoisotopic (exact) mass is 292 g/mol. The molecule has 0 saturated carbocycles. The first kappa shape index (κ1) is 5.82. The van der Waals surface area contributed by atoms with E-state index in [1.165, 1.54) is 0 Å². The largest absolute Gasteiger partial charge is 0.495 e. The molecule has 1 aliphatic heterocycles. The minimum atomic E-state index is -3.54. The highest BCUT2D eigenvalue weighted by atomic mass is 32.1. The molecule has 1 aliphatic rings. The van der Waals surface area contributed by atoms with Crippen LogP contribution in [0, 0.1) is 12.7 Å². The first-order valence-electron chi connectivity index (χ1n) is 11.9. The molecular weight excluding hydrogens is 255 g/mol. The van der Waals surface area contributed by atoms with Gasteiger partial charge in [-0.2, -0.15) is 0 Å². The molecular formula is C15H25BO2S. The van der Waals surface area contributed by atoms with E-state index in [-0.39, 0.29) is 10.3 Å². The number of rotatable bonds is 3. The minimum Gasteiger partial charge on any atom is -0.399 e. The van der Waals surface area contributed by atoms with Gasteiger partial charge < -0.3 is 9.31 Å². The van der Waals surface area contributed by atoms with Gasteiger partial charge in [-0.25, -0.2) is 0 Å². The van der Waals surface area contributed by atoms with Crippen LogP contribution in [0.3, 0.4) is 0 Å². The zero-order valence-corrected chi connectivity index (χ0v) is 12.2. The van der Waals surface area contributed by atoms with E-state index in [9.17, 15) is 0 Å². The van der Waals surface area contributed by atoms with Crippen molar-refractivity contribution < 1.29 is 25.8 Å². The molecule has 0 radical (unpaired) electrons. The third-order valence-corrected chi connectivity index (χ3v) is 4.40. The first-order chi connectivity index (χ1) is 13.4. The summed E-state index contributed by atoms with van der Waals surface area (Å²) in [7, 11) is -1.19. The van der Waals surface area contributed by atoms with Crippen LogP contribution in [0.4, 0.5) is 0 Å². The molecule has 19 heavy (non-hydrogen) atoms. The van der Waals surface area contributed by atoms with E-state index in [1.54, 1.807) is 27.7 Å². The first-order valence-corrected chi connectivity index (χ1v) is 6.72. The molecule has 1 fully saturated rings. The molecule has 0 spiro atoms. The van der Waals surface area contributed by atoms with Crippen LogP contribution in [-0.4, -0.2) is 18.3 Å². The molecule has 0 N–H and O–H groups in total. The Hall–Kier alpha value is -0.315. The third kappa shape index (κ3) is 2.91. The molecule has 1 aromatic rings. The zero-order chi connectivity index (χ0) is 24.6. The molecule has 1 saturated heterocycles. The van der Waals surface area contributed by atoms with Crippen molar-refractivity contribution in [1.29, 1.82) is 0 Å². The summed E-state index contributed by atoms with van der Waals surface area (Å²) in [6, 6.07) is 1.05. The lowest BCUT2D eigenvalue weighted by atomic mass is 9.79. The SMILES string of the molecule is [2H]C([2H])([2H])c1sc(C([2H])([2H])C([2H])(C([2H])([2H])[2H])C([2H])([2H])[2H])cc1B1OC(C)(C)C(C)(C)O1. The van der Waals surface area contributed by atoms with Gasteiger partial charge in [0.2, 0.25) is 0 Å². The number of hydrogen-bond donors (Lipinski definition) is 0. The van der Waals surface area contributed by atoms with E-state index in [1.807, 2.05) is 0 Å². The number of hydrogen-bond acceptors (Lipinski definition) is 3. The van der Waals surface area contributed by atoms with Gasteiger partial charge >= 0.3 is 7.12 Å². The second-order valence-electron chi connectivity index (χ2n) is 5.48. The summed E-state index contributed by atoms with van der Waals surface area (Å²) in [5.74, 6) is -3.54. The summed E-state index contributed by atoms with van der Waals surface area (Å²) in [5.41, 5.74) is -1.70. The fraction of sp³-hybridized carbons (Fsp3) is 0.733. The molecule has 106 valence electrons. The second-order valence-corrected chi connectivity index (χ2v) is 6.54. The van der Waals surface area contributed by atoms with Gasteiger partial charge in [0, 0.05) is 26.2 Å². The molecule has 4 heteroatoms. The average molecular weight is 292 g/mol. The van der Waals surface area contributed by atoms with Gasteiger partial charge in [0.15, 0.2) is 0 Å². The van der Waals surface area contributed by atoms with E-state index in [2.05, 4.69) is 0 Å². The Morgan fingerprint density at radius 2 is 2.00 bits per heavy atom. The summed E-state index contributed by atoms with van der Waals surface area (Å²) in [6.07, 6.45) is -3.24. The lowest BCUT2D eigenvalue weighted by Gasteiger charge is -2.32. The summed E-state index contributed by atoms with van der Waals surface area (Å²) >= 11 is 0.402. The Bertz CT molecular complexity index is 807. The lowest BCUT2D eigenvalue weighted by molar-refractivity contribution is 0.00578. The van der Waals surface area contributed by atoms with Crippen LogP contribution in [0.1, 0.15) is 67.6 Å². The van der Waals surface area contributed by atoms with Crippen LogP contribution in [0.5, 0.6) is 0 Å². The van der Waals surface area contributed by atoms with E-state index < -0.39 is 56.0 Å². The van der Waals surface area contributed by atoms with Crippen molar-refractivity contribution in [3.05, 3.63) is 15.8 Å². The minimum absolute atomic E-state index is 0.0408. The Labute approximate surface area is 138 Å². The standard InChI is InChI=1S/C15H25BO2S/c1-10(2)8-12-9-13(11(3)19-12)16-17-14(4,5)15(6,7)18-16/h9-10H,8H2,1-7H3/i1D3,2D3,3D3,8D2,10D. The fourth-order valence-electron chi connectivity index (χ4n) is 1.74. The Balaban J connectivity index is 2.72. The van der Waals surface area contributed by atoms with Crippen LogP contribution in [-0.2, 0) is 15.7 Å². The molecule has 0 aliphatic carbocycles. The molecule has 0 unspecified atom stereocenters. The van der Waals surface area contributed by atoms with Gasteiger partial charge in [0.1, 0.15) is 0 Å². The lowest BCUT2D eigenvalue weighted by Crippen LogP contribution is -2.41. The Morgan fingerprint density at radius 1 is 1.37 bits per heavy atom. The van der Waals surface area contributed by atoms with Crippen LogP contribution in [0.15, 0.2) is 6.07 Å². The molecule has 0 amide bonds. The van der Waals surface area contributed by atoms with Crippen molar-refractivity contribution >= 4 is 23.9 Å². The van der Waals surface area contributed by atoms with Gasteiger partial charge in [-0.1, -0.05) is 13.7 Å². The van der Waals surface area contributed by atoms with E-state index >= 15 is 0 Å². The van der Waals surface area contributed by atoms with Gasteiger partial charge in [-0.15, -0.1) is 11.3 Å². The van der Waals surface area contributed by atoms with Gasteiger partial charge in [-0.3, -0.25) is 0 Å². The third-order valence-electron chi connectivity index (χ3n) is 3.52. The van der Waals surface area contributed by atoms with Crippen LogP contribution >= 0.6 is 11.3 Å². The van der Waals surface area contributed by atoms with Crippen LogP contribution in [0.2, 0.25) is 0 Å².